The van der Waals surface area contributed by atoms with Crippen LogP contribution in [0.15, 0.2) is 12.7 Å². The number of rotatable bonds is 1. The molecule has 5 nitrogen and oxygen atoms in total. The van der Waals surface area contributed by atoms with Gasteiger partial charge in [-0.2, -0.15) is 0 Å². The number of hydrogen-bond donors (Lipinski definition) is 1. The molecule has 2 N–H and O–H groups in total. The van der Waals surface area contributed by atoms with Crippen molar-refractivity contribution in [3.05, 3.63) is 12.7 Å². The van der Waals surface area contributed by atoms with Gasteiger partial charge in [0.05, 0.1) is 14.2 Å². The van der Waals surface area contributed by atoms with Crippen LogP contribution in [0.25, 0.3) is 0 Å². The van der Waals surface area contributed by atoms with Gasteiger partial charge in [-0.3, -0.25) is 0 Å². The first-order chi connectivity index (χ1) is 5.08. The molecule has 0 aliphatic carbocycles. The number of carbonyl (C=O) groups is 2. The van der Waals surface area contributed by atoms with Crippen LogP contribution in [0.1, 0.15) is 0 Å². The van der Waals surface area contributed by atoms with E-state index >= 15 is 0 Å². The molecule has 0 rings (SSSR count). The number of carbonyl (C=O) groups excluding carboxylic acids is 2. The second kappa shape index (κ2) is 8.48. The maximum atomic E-state index is 9.84. The molecule has 0 aliphatic rings. The first-order valence-electron chi connectivity index (χ1n) is 2.62. The highest BCUT2D eigenvalue weighted by molar-refractivity contribution is 5.80. The Balaban J connectivity index is 0. The Bertz CT molecular complexity index is 144. The summed E-state index contributed by atoms with van der Waals surface area (Å²) in [7, 11) is 2.53. The molecular weight excluding hydrogens is 150 g/mol. The van der Waals surface area contributed by atoms with E-state index in [1.165, 1.54) is 14.2 Å². The molecule has 0 aliphatic heterocycles. The lowest BCUT2D eigenvalue weighted by Crippen LogP contribution is -2.08. The molecule has 0 aromatic rings. The SMILES string of the molecule is C=CC(=O)OC.COC(N)=O. The number of ether oxygens (including phenoxy) is 2. The molecule has 0 aromatic heterocycles. The molecule has 0 fully saturated rings. The topological polar surface area (TPSA) is 78.6 Å². The monoisotopic (exact) mass is 161 g/mol. The lowest BCUT2D eigenvalue weighted by atomic mass is 10.7. The maximum absolute atomic E-state index is 9.84. The maximum Gasteiger partial charge on any atom is 0.404 e. The Morgan fingerprint density at radius 1 is 1.36 bits per heavy atom. The number of nitrogens with two attached hydrogens (primary N) is 1. The first-order valence-corrected chi connectivity index (χ1v) is 2.62. The van der Waals surface area contributed by atoms with Gasteiger partial charge < -0.3 is 15.2 Å². The summed E-state index contributed by atoms with van der Waals surface area (Å²) in [4.78, 5) is 19.2. The third kappa shape index (κ3) is 17.7. The molecule has 64 valence electrons. The summed E-state index contributed by atoms with van der Waals surface area (Å²) < 4.78 is 8.03. The number of hydrogen-bond acceptors (Lipinski definition) is 4. The summed E-state index contributed by atoms with van der Waals surface area (Å²) in [5.41, 5.74) is 4.43. The molecule has 0 heterocycles. The standard InChI is InChI=1S/C4H6O2.C2H5NO2/c1-3-4(5)6-2;1-5-2(3)4/h3H,1H2,2H3;1H3,(H2,3,4). The molecule has 1 amide bonds. The van der Waals surface area contributed by atoms with Crippen molar-refractivity contribution in [1.82, 2.24) is 0 Å². The van der Waals surface area contributed by atoms with Crippen LogP contribution in [0.4, 0.5) is 4.79 Å². The zero-order valence-corrected chi connectivity index (χ0v) is 6.49. The average Bonchev–Trinajstić information content (AvgIpc) is 2.04. The minimum atomic E-state index is -0.745. The van der Waals surface area contributed by atoms with Gasteiger partial charge in [0.15, 0.2) is 0 Å². The van der Waals surface area contributed by atoms with E-state index < -0.39 is 12.1 Å². The Morgan fingerprint density at radius 2 is 1.73 bits per heavy atom. The van der Waals surface area contributed by atoms with Crippen molar-refractivity contribution < 1.29 is 19.1 Å². The van der Waals surface area contributed by atoms with Crippen molar-refractivity contribution in [3.63, 3.8) is 0 Å². The molecule has 0 aromatic carbocycles. The summed E-state index contributed by atoms with van der Waals surface area (Å²) in [5, 5.41) is 0. The van der Waals surface area contributed by atoms with Gasteiger partial charge in [-0.05, 0) is 0 Å². The highest BCUT2D eigenvalue weighted by atomic mass is 16.5. The quantitative estimate of drug-likeness (QED) is 0.435. The first kappa shape index (κ1) is 12.2. The molecule has 0 spiro atoms. The summed E-state index contributed by atoms with van der Waals surface area (Å²) in [6.45, 7) is 3.16. The van der Waals surface area contributed by atoms with Gasteiger partial charge in [-0.1, -0.05) is 6.58 Å². The fourth-order valence-corrected chi connectivity index (χ4v) is 0.0833. The van der Waals surface area contributed by atoms with Gasteiger partial charge in [0.2, 0.25) is 0 Å². The second-order valence-electron chi connectivity index (χ2n) is 1.25. The zero-order valence-electron chi connectivity index (χ0n) is 6.49. The van der Waals surface area contributed by atoms with E-state index in [-0.39, 0.29) is 0 Å². The number of primary amides is 1. The van der Waals surface area contributed by atoms with E-state index in [2.05, 4.69) is 21.8 Å². The predicted octanol–water partition coefficient (Wildman–Crippen LogP) is 0.0569. The Morgan fingerprint density at radius 3 is 1.73 bits per heavy atom. The third-order valence-electron chi connectivity index (χ3n) is 0.569. The van der Waals surface area contributed by atoms with E-state index in [4.69, 9.17) is 0 Å². The van der Waals surface area contributed by atoms with E-state index in [0.29, 0.717) is 0 Å². The van der Waals surface area contributed by atoms with Crippen LogP contribution in [0.2, 0.25) is 0 Å². The predicted molar refractivity (Wildman–Crippen MR) is 38.8 cm³/mol. The molecule has 0 bridgehead atoms. The average molecular weight is 161 g/mol. The van der Waals surface area contributed by atoms with Crippen LogP contribution in [0.5, 0.6) is 0 Å². The van der Waals surface area contributed by atoms with Crippen LogP contribution in [0, 0.1) is 0 Å². The molecule has 0 saturated carbocycles. The molecule has 0 atom stereocenters. The van der Waals surface area contributed by atoms with Crippen LogP contribution < -0.4 is 5.73 Å². The van der Waals surface area contributed by atoms with Crippen molar-refractivity contribution in [1.29, 1.82) is 0 Å². The third-order valence-corrected chi connectivity index (χ3v) is 0.569. The Labute approximate surface area is 64.8 Å². The van der Waals surface area contributed by atoms with Crippen molar-refractivity contribution in [2.75, 3.05) is 14.2 Å². The highest BCUT2D eigenvalue weighted by Gasteiger charge is 1.81. The normalized spacial score (nSPS) is 6.73. The van der Waals surface area contributed by atoms with Gasteiger partial charge in [0.1, 0.15) is 0 Å². The number of esters is 1. The van der Waals surface area contributed by atoms with Gasteiger partial charge in [-0.15, -0.1) is 0 Å². The minimum absolute atomic E-state index is 0.394. The molecule has 0 unspecified atom stereocenters. The van der Waals surface area contributed by atoms with Crippen LogP contribution >= 0.6 is 0 Å². The van der Waals surface area contributed by atoms with Crippen molar-refractivity contribution in [2.45, 2.75) is 0 Å². The van der Waals surface area contributed by atoms with E-state index in [9.17, 15) is 9.59 Å². The van der Waals surface area contributed by atoms with E-state index in [0.717, 1.165) is 6.08 Å². The van der Waals surface area contributed by atoms with Crippen molar-refractivity contribution in [2.24, 2.45) is 5.73 Å². The molecule has 11 heavy (non-hydrogen) atoms. The summed E-state index contributed by atoms with van der Waals surface area (Å²) in [6, 6.07) is 0. The van der Waals surface area contributed by atoms with E-state index in [1.807, 2.05) is 0 Å². The Hall–Kier alpha value is -1.52. The van der Waals surface area contributed by atoms with Gasteiger partial charge in [0, 0.05) is 6.08 Å². The summed E-state index contributed by atoms with van der Waals surface area (Å²) in [6.07, 6.45) is 0.366. The molecule has 0 saturated heterocycles. The fraction of sp³-hybridized carbons (Fsp3) is 0.333. The second-order valence-corrected chi connectivity index (χ2v) is 1.25. The van der Waals surface area contributed by atoms with Crippen LogP contribution in [-0.2, 0) is 14.3 Å². The van der Waals surface area contributed by atoms with Gasteiger partial charge in [0.25, 0.3) is 0 Å². The largest absolute Gasteiger partial charge is 0.466 e. The fourth-order valence-electron chi connectivity index (χ4n) is 0.0833. The molecule has 0 radical (unpaired) electrons. The summed E-state index contributed by atoms with van der Waals surface area (Å²) in [5.74, 6) is -0.394. The lowest BCUT2D eigenvalue weighted by Gasteiger charge is -1.83. The van der Waals surface area contributed by atoms with Crippen LogP contribution in [0.3, 0.4) is 0 Å². The number of methoxy groups -OCH3 is 2. The van der Waals surface area contributed by atoms with Crippen molar-refractivity contribution >= 4 is 12.1 Å². The van der Waals surface area contributed by atoms with Gasteiger partial charge >= 0.3 is 12.1 Å². The lowest BCUT2D eigenvalue weighted by molar-refractivity contribution is -0.134. The van der Waals surface area contributed by atoms with Crippen molar-refractivity contribution in [3.8, 4) is 0 Å². The smallest absolute Gasteiger partial charge is 0.404 e. The van der Waals surface area contributed by atoms with Gasteiger partial charge in [-0.25, -0.2) is 9.59 Å². The minimum Gasteiger partial charge on any atom is -0.466 e. The molecular formula is C6H11NO4. The zero-order chi connectivity index (χ0) is 9.28. The number of amides is 1. The highest BCUT2D eigenvalue weighted by Crippen LogP contribution is 1.67. The molecule has 5 heteroatoms. The summed E-state index contributed by atoms with van der Waals surface area (Å²) >= 11 is 0. The van der Waals surface area contributed by atoms with E-state index in [1.54, 1.807) is 0 Å². The Kier molecular flexibility index (Phi) is 9.39. The van der Waals surface area contributed by atoms with Crippen LogP contribution in [-0.4, -0.2) is 26.3 Å².